The molecular formula is C16H19N3O2S. The maximum Gasteiger partial charge on any atom is 0.213 e. The van der Waals surface area contributed by atoms with Crippen LogP contribution in [0.1, 0.15) is 12.8 Å². The van der Waals surface area contributed by atoms with Crippen molar-refractivity contribution in [2.75, 3.05) is 18.8 Å². The molecule has 0 amide bonds. The first-order chi connectivity index (χ1) is 10.7. The Morgan fingerprint density at radius 1 is 1.23 bits per heavy atom. The summed E-state index contributed by atoms with van der Waals surface area (Å²) in [4.78, 5) is 4.95. The van der Waals surface area contributed by atoms with Gasteiger partial charge in [-0.15, -0.1) is 4.31 Å². The molecule has 0 bridgehead atoms. The highest BCUT2D eigenvalue weighted by atomic mass is 32.2. The zero-order valence-electron chi connectivity index (χ0n) is 12.2. The van der Waals surface area contributed by atoms with Crippen molar-refractivity contribution in [1.29, 1.82) is 0 Å². The first-order valence-electron chi connectivity index (χ1n) is 7.32. The Morgan fingerprint density at radius 3 is 2.77 bits per heavy atom. The van der Waals surface area contributed by atoms with Crippen LogP contribution in [0.5, 0.6) is 5.88 Å². The molecule has 1 aromatic heterocycles. The Bertz CT molecular complexity index is 594. The third kappa shape index (κ3) is 3.71. The van der Waals surface area contributed by atoms with Gasteiger partial charge in [-0.25, -0.2) is 4.98 Å². The highest BCUT2D eigenvalue weighted by Crippen LogP contribution is 2.23. The van der Waals surface area contributed by atoms with Crippen LogP contribution in [-0.4, -0.2) is 33.0 Å². The molecule has 1 aromatic carbocycles. The molecule has 116 valence electrons. The highest BCUT2D eigenvalue weighted by Gasteiger charge is 2.30. The van der Waals surface area contributed by atoms with Gasteiger partial charge in [-0.2, -0.15) is 0 Å². The lowest BCUT2D eigenvalue weighted by Crippen LogP contribution is -2.44. The molecule has 1 fully saturated rings. The van der Waals surface area contributed by atoms with E-state index >= 15 is 0 Å². The normalized spacial score (nSPS) is 20.5. The van der Waals surface area contributed by atoms with Crippen LogP contribution in [-0.2, 0) is 11.4 Å². The van der Waals surface area contributed by atoms with Crippen LogP contribution >= 0.6 is 0 Å². The fourth-order valence-electron chi connectivity index (χ4n) is 2.47. The minimum atomic E-state index is -1.18. The van der Waals surface area contributed by atoms with Crippen molar-refractivity contribution >= 4 is 17.0 Å². The summed E-state index contributed by atoms with van der Waals surface area (Å²) in [6, 6.07) is 12.8. The number of anilines is 1. The Balaban J connectivity index is 1.63. The number of nitrogen functional groups attached to an aromatic ring is 1. The van der Waals surface area contributed by atoms with E-state index in [1.165, 1.54) is 0 Å². The molecule has 1 saturated heterocycles. The van der Waals surface area contributed by atoms with Gasteiger partial charge in [0.25, 0.3) is 0 Å². The van der Waals surface area contributed by atoms with Crippen molar-refractivity contribution in [3.63, 3.8) is 0 Å². The van der Waals surface area contributed by atoms with Crippen molar-refractivity contribution in [1.82, 2.24) is 9.29 Å². The zero-order chi connectivity index (χ0) is 15.4. The number of aromatic nitrogens is 1. The number of ether oxygens (including phenoxy) is 1. The molecule has 2 N–H and O–H groups in total. The van der Waals surface area contributed by atoms with Crippen LogP contribution in [0.3, 0.4) is 0 Å². The number of rotatable bonds is 4. The third-order valence-corrected chi connectivity index (χ3v) is 5.06. The number of piperidine rings is 1. The summed E-state index contributed by atoms with van der Waals surface area (Å²) in [7, 11) is 0. The molecule has 0 spiro atoms. The number of nitrogens with zero attached hydrogens (tertiary/aromatic N) is 2. The molecule has 1 aliphatic heterocycles. The Labute approximate surface area is 133 Å². The van der Waals surface area contributed by atoms with Gasteiger partial charge in [-0.1, -0.05) is 6.07 Å². The van der Waals surface area contributed by atoms with Gasteiger partial charge in [-0.3, -0.25) is 0 Å². The van der Waals surface area contributed by atoms with Gasteiger partial charge in [0.1, 0.15) is 6.10 Å². The molecule has 2 heterocycles. The lowest BCUT2D eigenvalue weighted by Gasteiger charge is -2.32. The molecule has 5 nitrogen and oxygen atoms in total. The van der Waals surface area contributed by atoms with Crippen LogP contribution in [0, 0.1) is 0 Å². The van der Waals surface area contributed by atoms with Crippen LogP contribution in [0.25, 0.3) is 0 Å². The fourth-order valence-corrected chi connectivity index (χ4v) is 3.74. The van der Waals surface area contributed by atoms with Gasteiger partial charge in [0, 0.05) is 24.5 Å². The van der Waals surface area contributed by atoms with E-state index in [9.17, 15) is 4.55 Å². The smallest absolute Gasteiger partial charge is 0.213 e. The van der Waals surface area contributed by atoms with E-state index in [-0.39, 0.29) is 6.10 Å². The summed E-state index contributed by atoms with van der Waals surface area (Å²) in [6.45, 7) is 1.44. The maximum absolute atomic E-state index is 12.6. The van der Waals surface area contributed by atoms with E-state index in [1.54, 1.807) is 18.3 Å². The standard InChI is InChI=1S/C16H19N3O2S/c17-13-6-8-15(9-7-13)22(20)19-11-3-4-14(12-19)21-16-5-1-2-10-18-16/h1-2,5-10,14H,3-4,11-12,17H2. The van der Waals surface area contributed by atoms with E-state index in [0.29, 0.717) is 18.1 Å². The van der Waals surface area contributed by atoms with Gasteiger partial charge in [0.05, 0.1) is 17.9 Å². The van der Waals surface area contributed by atoms with E-state index in [0.717, 1.165) is 24.3 Å². The lowest BCUT2D eigenvalue weighted by molar-refractivity contribution is 0.124. The van der Waals surface area contributed by atoms with Crippen molar-refractivity contribution in [3.05, 3.63) is 48.7 Å². The summed E-state index contributed by atoms with van der Waals surface area (Å²) >= 11 is -1.18. The first kappa shape index (κ1) is 15.1. The number of nitrogens with two attached hydrogens (primary N) is 1. The molecule has 22 heavy (non-hydrogen) atoms. The number of hydrogen-bond acceptors (Lipinski definition) is 5. The highest BCUT2D eigenvalue weighted by molar-refractivity contribution is 7.89. The van der Waals surface area contributed by atoms with Crippen molar-refractivity contribution in [2.24, 2.45) is 0 Å². The number of pyridine rings is 1. The van der Waals surface area contributed by atoms with E-state index in [4.69, 9.17) is 10.5 Å². The van der Waals surface area contributed by atoms with Gasteiger partial charge in [0.2, 0.25) is 5.88 Å². The average Bonchev–Trinajstić information content (AvgIpc) is 2.56. The van der Waals surface area contributed by atoms with Crippen LogP contribution < -0.4 is 10.5 Å². The molecule has 0 radical (unpaired) electrons. The Kier molecular flexibility index (Phi) is 4.82. The van der Waals surface area contributed by atoms with Crippen molar-refractivity contribution in [3.8, 4) is 5.88 Å². The number of hydrogen-bond donors (Lipinski definition) is 1. The first-order valence-corrected chi connectivity index (χ1v) is 8.43. The topological polar surface area (TPSA) is 74.4 Å². The zero-order valence-corrected chi connectivity index (χ0v) is 13.0. The summed E-state index contributed by atoms with van der Waals surface area (Å²) in [5, 5.41) is 0. The quantitative estimate of drug-likeness (QED) is 0.691. The van der Waals surface area contributed by atoms with Crippen molar-refractivity contribution in [2.45, 2.75) is 23.8 Å². The average molecular weight is 317 g/mol. The molecule has 0 aliphatic carbocycles. The van der Waals surface area contributed by atoms with Gasteiger partial charge < -0.3 is 15.0 Å². The molecule has 0 saturated carbocycles. The van der Waals surface area contributed by atoms with Crippen LogP contribution in [0.2, 0.25) is 0 Å². The summed E-state index contributed by atoms with van der Waals surface area (Å²) < 4.78 is 20.5. The Hall–Kier alpha value is -1.76. The molecule has 2 aromatic rings. The second-order valence-corrected chi connectivity index (χ2v) is 6.74. The molecule has 2 unspecified atom stereocenters. The predicted molar refractivity (Wildman–Crippen MR) is 86.7 cm³/mol. The predicted octanol–water partition coefficient (Wildman–Crippen LogP) is 2.23. The second kappa shape index (κ2) is 7.00. The molecule has 1 aliphatic rings. The monoisotopic (exact) mass is 317 g/mol. The summed E-state index contributed by atoms with van der Waals surface area (Å²) in [5.74, 6) is 0.618. The molecule has 3 rings (SSSR count). The van der Waals surface area contributed by atoms with Gasteiger partial charge >= 0.3 is 0 Å². The van der Waals surface area contributed by atoms with Gasteiger partial charge in [-0.05, 0) is 43.2 Å². The van der Waals surface area contributed by atoms with Crippen LogP contribution in [0.4, 0.5) is 5.69 Å². The largest absolute Gasteiger partial charge is 0.593 e. The SMILES string of the molecule is Nc1ccc([S+]([O-])N2CCCC(Oc3ccccn3)C2)cc1. The van der Waals surface area contributed by atoms with Crippen molar-refractivity contribution < 1.29 is 9.29 Å². The number of benzene rings is 1. The molecular weight excluding hydrogens is 298 g/mol. The summed E-state index contributed by atoms with van der Waals surface area (Å²) in [6.07, 6.45) is 3.63. The minimum absolute atomic E-state index is 0.0152. The Morgan fingerprint density at radius 2 is 2.05 bits per heavy atom. The lowest BCUT2D eigenvalue weighted by atomic mass is 10.1. The van der Waals surface area contributed by atoms with Crippen LogP contribution in [0.15, 0.2) is 53.6 Å². The van der Waals surface area contributed by atoms with E-state index < -0.39 is 11.4 Å². The minimum Gasteiger partial charge on any atom is -0.593 e. The summed E-state index contributed by atoms with van der Waals surface area (Å²) in [5.41, 5.74) is 6.35. The van der Waals surface area contributed by atoms with E-state index in [1.807, 2.05) is 34.6 Å². The van der Waals surface area contributed by atoms with Gasteiger partial charge in [0.15, 0.2) is 4.90 Å². The molecule has 2 atom stereocenters. The fraction of sp³-hybridized carbons (Fsp3) is 0.312. The van der Waals surface area contributed by atoms with E-state index in [2.05, 4.69) is 4.98 Å². The molecule has 6 heteroatoms. The maximum atomic E-state index is 12.6. The second-order valence-electron chi connectivity index (χ2n) is 5.26. The third-order valence-electron chi connectivity index (χ3n) is 3.58.